The van der Waals surface area contributed by atoms with E-state index in [2.05, 4.69) is 91.0 Å². The first-order valence-corrected chi connectivity index (χ1v) is 12.6. The van der Waals surface area contributed by atoms with Gasteiger partial charge in [-0.25, -0.2) is 0 Å². The second-order valence-corrected chi connectivity index (χ2v) is 4.67. The maximum Gasteiger partial charge on any atom is 0.0339 e. The van der Waals surface area contributed by atoms with E-state index in [1.54, 1.807) is 0 Å². The smallest absolute Gasteiger partial charge is 0.0339 e. The summed E-state index contributed by atoms with van der Waals surface area (Å²) in [5.74, 6) is 0.309. The van der Waals surface area contributed by atoms with Crippen LogP contribution < -0.4 is 0 Å². The molecule has 0 bridgehead atoms. The van der Waals surface area contributed by atoms with Gasteiger partial charge in [-0.1, -0.05) is 174 Å². The Morgan fingerprint density at radius 3 is 0.613 bits per heavy atom. The van der Waals surface area contributed by atoms with Crippen LogP contribution in [0.25, 0.3) is 0 Å². The van der Waals surface area contributed by atoms with Crippen molar-refractivity contribution in [3.05, 3.63) is 108 Å². The fourth-order valence-corrected chi connectivity index (χ4v) is 2.51. The molecule has 0 heterocycles. The Hall–Kier alpha value is -2.34. The zero-order chi connectivity index (χ0) is 24.9. The maximum atomic E-state index is 2.20. The summed E-state index contributed by atoms with van der Waals surface area (Å²) in [7, 11) is 0. The summed E-state index contributed by atoms with van der Waals surface area (Å²) in [6, 6.07) is 32.0. The summed E-state index contributed by atoms with van der Waals surface area (Å²) < 4.78 is 0. The minimum atomic E-state index is 0.309. The van der Waals surface area contributed by atoms with E-state index < -0.39 is 0 Å². The van der Waals surface area contributed by atoms with E-state index in [4.69, 9.17) is 0 Å². The van der Waals surface area contributed by atoms with Gasteiger partial charge in [0, 0.05) is 5.92 Å². The third kappa shape index (κ3) is 16.1. The average molecular weight is 425 g/mol. The predicted octanol–water partition coefficient (Wildman–Crippen LogP) is 11.0. The van der Waals surface area contributed by atoms with Crippen LogP contribution in [0.1, 0.15) is 106 Å². The first-order valence-electron chi connectivity index (χ1n) is 12.6. The molecule has 0 atom stereocenters. The molecule has 0 saturated carbocycles. The largest absolute Gasteiger partial charge is 0.0683 e. The van der Waals surface area contributed by atoms with Gasteiger partial charge in [-0.15, -0.1) is 0 Å². The van der Waals surface area contributed by atoms with Crippen LogP contribution in [0.4, 0.5) is 0 Å². The van der Waals surface area contributed by atoms with Gasteiger partial charge < -0.3 is 0 Å². The molecule has 3 rings (SSSR count). The van der Waals surface area contributed by atoms with E-state index in [-0.39, 0.29) is 0 Å². The third-order valence-corrected chi connectivity index (χ3v) is 3.40. The SMILES string of the molecule is CC.CC.CC.CC.CC.CC.c1ccc(C(c2ccccc2)c2ccccc2)cc1. The van der Waals surface area contributed by atoms with Crippen LogP contribution in [-0.4, -0.2) is 0 Å². The van der Waals surface area contributed by atoms with Crippen molar-refractivity contribution in [1.29, 1.82) is 0 Å². The van der Waals surface area contributed by atoms with Crippen LogP contribution in [0.3, 0.4) is 0 Å². The van der Waals surface area contributed by atoms with E-state index in [1.165, 1.54) is 16.7 Å². The first-order chi connectivity index (χ1) is 15.4. The van der Waals surface area contributed by atoms with Crippen molar-refractivity contribution in [2.24, 2.45) is 0 Å². The quantitative estimate of drug-likeness (QED) is 0.367. The number of rotatable bonds is 3. The summed E-state index contributed by atoms with van der Waals surface area (Å²) in [4.78, 5) is 0. The van der Waals surface area contributed by atoms with E-state index in [0.29, 0.717) is 5.92 Å². The highest BCUT2D eigenvalue weighted by Crippen LogP contribution is 2.31. The standard InChI is InChI=1S/C19H16.6C2H6/c1-4-10-16(11-5-1)19(17-12-6-2-7-13-17)18-14-8-3-9-15-18;6*1-2/h1-15,19H;6*1-2H3. The van der Waals surface area contributed by atoms with Crippen molar-refractivity contribution in [3.63, 3.8) is 0 Å². The van der Waals surface area contributed by atoms with Crippen molar-refractivity contribution in [2.75, 3.05) is 0 Å². The Bertz CT molecular complexity index is 518. The zero-order valence-corrected chi connectivity index (χ0v) is 22.7. The number of hydrogen-bond donors (Lipinski definition) is 0. The Morgan fingerprint density at radius 2 is 0.452 bits per heavy atom. The van der Waals surface area contributed by atoms with E-state index in [1.807, 2.05) is 83.1 Å². The van der Waals surface area contributed by atoms with Crippen LogP contribution >= 0.6 is 0 Å². The lowest BCUT2D eigenvalue weighted by atomic mass is 9.85. The van der Waals surface area contributed by atoms with Gasteiger partial charge in [0.15, 0.2) is 0 Å². The van der Waals surface area contributed by atoms with Gasteiger partial charge in [0.1, 0.15) is 0 Å². The first kappa shape index (κ1) is 36.1. The molecule has 0 saturated heterocycles. The van der Waals surface area contributed by atoms with Gasteiger partial charge in [-0.05, 0) is 16.7 Å². The molecule has 0 aliphatic rings. The summed E-state index contributed by atoms with van der Waals surface area (Å²) in [6.45, 7) is 24.0. The fraction of sp³-hybridized carbons (Fsp3) is 0.419. The lowest BCUT2D eigenvalue weighted by molar-refractivity contribution is 0.977. The molecule has 3 aromatic rings. The molecule has 0 N–H and O–H groups in total. The normalized spacial score (nSPS) is 7.65. The van der Waals surface area contributed by atoms with Crippen molar-refractivity contribution >= 4 is 0 Å². The Kier molecular flexibility index (Phi) is 37.6. The Balaban J connectivity index is -0.000000264. The monoisotopic (exact) mass is 424 g/mol. The minimum Gasteiger partial charge on any atom is -0.0683 e. The molecule has 0 fully saturated rings. The van der Waals surface area contributed by atoms with Crippen molar-refractivity contribution in [2.45, 2.75) is 89.0 Å². The van der Waals surface area contributed by atoms with Gasteiger partial charge in [-0.2, -0.15) is 0 Å². The summed E-state index contributed by atoms with van der Waals surface area (Å²) >= 11 is 0. The molecule has 0 unspecified atom stereocenters. The summed E-state index contributed by atoms with van der Waals surface area (Å²) in [6.07, 6.45) is 0. The molecule has 0 spiro atoms. The van der Waals surface area contributed by atoms with Gasteiger partial charge in [0.2, 0.25) is 0 Å². The highest BCUT2D eigenvalue weighted by molar-refractivity contribution is 5.42. The molecule has 176 valence electrons. The highest BCUT2D eigenvalue weighted by atomic mass is 14.2. The minimum absolute atomic E-state index is 0.309. The van der Waals surface area contributed by atoms with Crippen LogP contribution in [0.15, 0.2) is 91.0 Å². The second kappa shape index (κ2) is 32.3. The lowest BCUT2D eigenvalue weighted by Crippen LogP contribution is -2.02. The van der Waals surface area contributed by atoms with Crippen LogP contribution in [0, 0.1) is 0 Å². The summed E-state index contributed by atoms with van der Waals surface area (Å²) in [5, 5.41) is 0. The molecule has 0 aliphatic carbocycles. The molecule has 0 amide bonds. The Labute approximate surface area is 196 Å². The molecule has 0 heteroatoms. The second-order valence-electron chi connectivity index (χ2n) is 4.67. The number of benzene rings is 3. The topological polar surface area (TPSA) is 0 Å². The molecule has 0 aliphatic heterocycles. The predicted molar refractivity (Wildman–Crippen MR) is 148 cm³/mol. The fourth-order valence-electron chi connectivity index (χ4n) is 2.51. The van der Waals surface area contributed by atoms with Crippen LogP contribution in [0.2, 0.25) is 0 Å². The maximum absolute atomic E-state index is 2.20. The summed E-state index contributed by atoms with van der Waals surface area (Å²) in [5.41, 5.74) is 4.00. The average Bonchev–Trinajstić information content (AvgIpc) is 2.93. The molecular formula is C31H52. The van der Waals surface area contributed by atoms with Crippen molar-refractivity contribution < 1.29 is 0 Å². The van der Waals surface area contributed by atoms with Crippen molar-refractivity contribution in [1.82, 2.24) is 0 Å². The van der Waals surface area contributed by atoms with Gasteiger partial charge in [0.25, 0.3) is 0 Å². The Morgan fingerprint density at radius 1 is 0.290 bits per heavy atom. The third-order valence-electron chi connectivity index (χ3n) is 3.40. The van der Waals surface area contributed by atoms with Gasteiger partial charge >= 0.3 is 0 Å². The highest BCUT2D eigenvalue weighted by Gasteiger charge is 2.15. The molecule has 0 aromatic heterocycles. The van der Waals surface area contributed by atoms with Crippen LogP contribution in [0.5, 0.6) is 0 Å². The molecule has 3 aromatic carbocycles. The van der Waals surface area contributed by atoms with Crippen molar-refractivity contribution in [3.8, 4) is 0 Å². The zero-order valence-electron chi connectivity index (χ0n) is 22.7. The lowest BCUT2D eigenvalue weighted by Gasteiger charge is -2.18. The van der Waals surface area contributed by atoms with E-state index in [0.717, 1.165) is 0 Å². The van der Waals surface area contributed by atoms with E-state index in [9.17, 15) is 0 Å². The molecule has 0 nitrogen and oxygen atoms in total. The molecule has 0 radical (unpaired) electrons. The van der Waals surface area contributed by atoms with E-state index >= 15 is 0 Å². The molecule has 31 heavy (non-hydrogen) atoms. The molecular weight excluding hydrogens is 372 g/mol. The van der Waals surface area contributed by atoms with Crippen LogP contribution in [-0.2, 0) is 0 Å². The van der Waals surface area contributed by atoms with Gasteiger partial charge in [0.05, 0.1) is 0 Å². The number of hydrogen-bond acceptors (Lipinski definition) is 0. The van der Waals surface area contributed by atoms with Gasteiger partial charge in [-0.3, -0.25) is 0 Å².